The fraction of sp³-hybridized carbons (Fsp3) is 0.208. The quantitative estimate of drug-likeness (QED) is 0.636. The predicted octanol–water partition coefficient (Wildman–Crippen LogP) is 3.54. The number of pyridine rings is 1. The summed E-state index contributed by atoms with van der Waals surface area (Å²) < 4.78 is 0. The Labute approximate surface area is 185 Å². The van der Waals surface area contributed by atoms with E-state index >= 15 is 0 Å². The number of aromatic nitrogens is 1. The first kappa shape index (κ1) is 19.6. The molecule has 0 spiro atoms. The third-order valence-corrected chi connectivity index (χ3v) is 6.74. The molecule has 0 N–H and O–H groups in total. The molecule has 0 radical (unpaired) electrons. The number of hydrogen-bond acceptors (Lipinski definition) is 5. The summed E-state index contributed by atoms with van der Waals surface area (Å²) in [6, 6.07) is 21.5. The van der Waals surface area contributed by atoms with Gasteiger partial charge in [-0.15, -0.1) is 0 Å². The monoisotopic (exact) mass is 430 g/mol. The van der Waals surface area contributed by atoms with Crippen LogP contribution in [-0.4, -0.2) is 54.4 Å². The molecule has 2 aliphatic heterocycles. The Morgan fingerprint density at radius 3 is 2.45 bits per heavy atom. The van der Waals surface area contributed by atoms with Gasteiger partial charge in [0.2, 0.25) is 5.91 Å². The van der Waals surface area contributed by atoms with Gasteiger partial charge in [-0.2, -0.15) is 0 Å². The van der Waals surface area contributed by atoms with Crippen molar-refractivity contribution in [2.24, 2.45) is 0 Å². The molecule has 0 saturated carbocycles. The van der Waals surface area contributed by atoms with Gasteiger partial charge in [0, 0.05) is 43.0 Å². The second-order valence-corrected chi connectivity index (χ2v) is 8.55. The van der Waals surface area contributed by atoms with Crippen molar-refractivity contribution in [2.45, 2.75) is 9.92 Å². The lowest BCUT2D eigenvalue weighted by atomic mass is 10.2. The van der Waals surface area contributed by atoms with Gasteiger partial charge >= 0.3 is 0 Å². The molecule has 7 heteroatoms. The van der Waals surface area contributed by atoms with Crippen molar-refractivity contribution in [1.29, 1.82) is 0 Å². The van der Waals surface area contributed by atoms with E-state index in [0.29, 0.717) is 23.7 Å². The van der Waals surface area contributed by atoms with Crippen LogP contribution in [0.4, 0.5) is 11.4 Å². The largest absolute Gasteiger partial charge is 0.368 e. The second-order valence-electron chi connectivity index (χ2n) is 7.52. The highest BCUT2D eigenvalue weighted by Gasteiger charge is 2.31. The van der Waals surface area contributed by atoms with Crippen molar-refractivity contribution in [2.75, 3.05) is 42.5 Å². The molecule has 6 nitrogen and oxygen atoms in total. The third-order valence-electron chi connectivity index (χ3n) is 5.66. The molecule has 0 unspecified atom stereocenters. The molecule has 3 aromatic rings. The highest BCUT2D eigenvalue weighted by Crippen LogP contribution is 2.40. The lowest BCUT2D eigenvalue weighted by Gasteiger charge is -2.37. The number of para-hydroxylation sites is 2. The van der Waals surface area contributed by atoms with Gasteiger partial charge in [0.25, 0.3) is 5.91 Å². The first-order chi connectivity index (χ1) is 15.2. The number of fused-ring (bicyclic) bond motifs is 2. The predicted molar refractivity (Wildman–Crippen MR) is 122 cm³/mol. The third kappa shape index (κ3) is 3.88. The molecule has 2 aromatic carbocycles. The molecule has 1 fully saturated rings. The van der Waals surface area contributed by atoms with Crippen LogP contribution in [-0.2, 0) is 4.79 Å². The minimum absolute atomic E-state index is 0.0239. The van der Waals surface area contributed by atoms with E-state index in [2.05, 4.69) is 22.0 Å². The van der Waals surface area contributed by atoms with Crippen molar-refractivity contribution in [3.8, 4) is 0 Å². The number of piperazine rings is 1. The number of amides is 2. The number of carbonyl (C=O) groups is 2. The van der Waals surface area contributed by atoms with Crippen molar-refractivity contribution < 1.29 is 9.59 Å². The molecular formula is C24H22N4O2S. The Balaban J connectivity index is 1.34. The summed E-state index contributed by atoms with van der Waals surface area (Å²) in [5.41, 5.74) is 2.46. The van der Waals surface area contributed by atoms with Crippen molar-refractivity contribution in [1.82, 2.24) is 9.88 Å². The van der Waals surface area contributed by atoms with Crippen LogP contribution in [0.15, 0.2) is 82.8 Å². The number of hydrogen-bond donors (Lipinski definition) is 0. The summed E-state index contributed by atoms with van der Waals surface area (Å²) in [5.74, 6) is -0.218. The van der Waals surface area contributed by atoms with E-state index < -0.39 is 0 Å². The van der Waals surface area contributed by atoms with Crippen molar-refractivity contribution in [3.63, 3.8) is 0 Å². The van der Waals surface area contributed by atoms with Crippen LogP contribution < -0.4 is 9.80 Å². The Kier molecular flexibility index (Phi) is 5.34. The summed E-state index contributed by atoms with van der Waals surface area (Å²) in [7, 11) is 0. The van der Waals surface area contributed by atoms with Gasteiger partial charge in [-0.1, -0.05) is 42.1 Å². The molecular weight excluding hydrogens is 408 g/mol. The molecule has 5 rings (SSSR count). The maximum Gasteiger partial charge on any atom is 0.261 e. The van der Waals surface area contributed by atoms with E-state index in [1.54, 1.807) is 23.2 Å². The standard InChI is InChI=1S/C24H22N4O2S/c29-22(27-15-13-26(14-16-27)18-7-2-1-3-8-18)17-28-20-10-4-5-11-21(20)31-23-19(24(28)30)9-6-12-25-23/h1-12H,13-17H2. The van der Waals surface area contributed by atoms with Gasteiger partial charge in [-0.3, -0.25) is 14.5 Å². The SMILES string of the molecule is O=C(CN1C(=O)c2cccnc2Sc2ccccc21)N1CCN(c2ccccc2)CC1. The molecule has 31 heavy (non-hydrogen) atoms. The Morgan fingerprint density at radius 2 is 1.65 bits per heavy atom. The number of anilines is 2. The summed E-state index contributed by atoms with van der Waals surface area (Å²) >= 11 is 1.47. The average Bonchev–Trinajstić information content (AvgIpc) is 2.94. The second kappa shape index (κ2) is 8.43. The minimum atomic E-state index is -0.183. The summed E-state index contributed by atoms with van der Waals surface area (Å²) in [4.78, 5) is 37.6. The van der Waals surface area contributed by atoms with Crippen LogP contribution in [0.25, 0.3) is 0 Å². The fourth-order valence-corrected chi connectivity index (χ4v) is 5.02. The lowest BCUT2D eigenvalue weighted by Crippen LogP contribution is -2.52. The van der Waals surface area contributed by atoms with E-state index in [4.69, 9.17) is 0 Å². The molecule has 2 amide bonds. The minimum Gasteiger partial charge on any atom is -0.368 e. The van der Waals surface area contributed by atoms with E-state index in [0.717, 1.165) is 23.7 Å². The maximum atomic E-state index is 13.3. The zero-order chi connectivity index (χ0) is 21.2. The normalized spacial score (nSPS) is 15.9. The molecule has 1 aromatic heterocycles. The van der Waals surface area contributed by atoms with E-state index in [1.807, 2.05) is 47.4 Å². The summed E-state index contributed by atoms with van der Waals surface area (Å²) in [5, 5.41) is 0.673. The molecule has 0 aliphatic carbocycles. The Morgan fingerprint density at radius 1 is 0.903 bits per heavy atom. The topological polar surface area (TPSA) is 56.8 Å². The van der Waals surface area contributed by atoms with E-state index in [-0.39, 0.29) is 18.4 Å². The molecule has 1 saturated heterocycles. The highest BCUT2D eigenvalue weighted by atomic mass is 32.2. The van der Waals surface area contributed by atoms with Gasteiger partial charge in [-0.25, -0.2) is 4.98 Å². The van der Waals surface area contributed by atoms with Gasteiger partial charge in [0.15, 0.2) is 0 Å². The fourth-order valence-electron chi connectivity index (χ4n) is 4.01. The van der Waals surface area contributed by atoms with Gasteiger partial charge in [-0.05, 0) is 36.4 Å². The van der Waals surface area contributed by atoms with Crippen LogP contribution in [0.3, 0.4) is 0 Å². The van der Waals surface area contributed by atoms with E-state index in [9.17, 15) is 9.59 Å². The van der Waals surface area contributed by atoms with Crippen LogP contribution in [0.1, 0.15) is 10.4 Å². The van der Waals surface area contributed by atoms with Crippen molar-refractivity contribution >= 4 is 35.0 Å². The zero-order valence-electron chi connectivity index (χ0n) is 17.0. The van der Waals surface area contributed by atoms with Crippen LogP contribution in [0, 0.1) is 0 Å². The first-order valence-corrected chi connectivity index (χ1v) is 11.1. The van der Waals surface area contributed by atoms with Crippen LogP contribution >= 0.6 is 11.8 Å². The molecule has 3 heterocycles. The molecule has 0 atom stereocenters. The maximum absolute atomic E-state index is 13.3. The van der Waals surface area contributed by atoms with Gasteiger partial charge in [0.1, 0.15) is 11.6 Å². The number of carbonyl (C=O) groups excluding carboxylic acids is 2. The Hall–Kier alpha value is -3.32. The summed E-state index contributed by atoms with van der Waals surface area (Å²) in [6.45, 7) is 2.87. The van der Waals surface area contributed by atoms with Crippen molar-refractivity contribution in [3.05, 3.63) is 78.5 Å². The average molecular weight is 431 g/mol. The smallest absolute Gasteiger partial charge is 0.261 e. The Bertz CT molecular complexity index is 1110. The van der Waals surface area contributed by atoms with Gasteiger partial charge in [0.05, 0.1) is 11.3 Å². The van der Waals surface area contributed by atoms with Crippen LogP contribution in [0.5, 0.6) is 0 Å². The van der Waals surface area contributed by atoms with Gasteiger partial charge < -0.3 is 9.80 Å². The molecule has 0 bridgehead atoms. The number of rotatable bonds is 3. The summed E-state index contributed by atoms with van der Waals surface area (Å²) in [6.07, 6.45) is 1.69. The molecule has 2 aliphatic rings. The number of benzene rings is 2. The molecule has 156 valence electrons. The highest BCUT2D eigenvalue weighted by molar-refractivity contribution is 7.99. The lowest BCUT2D eigenvalue weighted by molar-refractivity contribution is -0.129. The zero-order valence-corrected chi connectivity index (χ0v) is 17.8. The van der Waals surface area contributed by atoms with E-state index in [1.165, 1.54) is 17.4 Å². The first-order valence-electron chi connectivity index (χ1n) is 10.3. The van der Waals surface area contributed by atoms with Crippen LogP contribution in [0.2, 0.25) is 0 Å². The number of nitrogens with zero attached hydrogens (tertiary/aromatic N) is 4.